The number of fused-ring (bicyclic) bond motifs is 2. The summed E-state index contributed by atoms with van der Waals surface area (Å²) in [7, 11) is 0. The molecule has 4 rings (SSSR count). The Kier molecular flexibility index (Phi) is 11.8. The predicted molar refractivity (Wildman–Crippen MR) is 171 cm³/mol. The van der Waals surface area contributed by atoms with Gasteiger partial charge in [-0.3, -0.25) is 19.3 Å². The summed E-state index contributed by atoms with van der Waals surface area (Å²) in [6.07, 6.45) is 7.80. The molecule has 8 nitrogen and oxygen atoms in total. The molecule has 238 valence electrons. The van der Waals surface area contributed by atoms with Gasteiger partial charge in [-0.1, -0.05) is 80.7 Å². The molecule has 1 heterocycles. The highest BCUT2D eigenvalue weighted by Gasteiger charge is 2.54. The van der Waals surface area contributed by atoms with Crippen LogP contribution < -0.4 is 0 Å². The molecule has 4 atom stereocenters. The number of carbonyl (C=O) groups excluding carboxylic acids is 2. The Bertz CT molecular complexity index is 1410. The molecule has 0 spiro atoms. The fraction of sp³-hybridized carbons (Fsp3) is 0.528. The van der Waals surface area contributed by atoms with Gasteiger partial charge in [0.25, 0.3) is 0 Å². The number of aliphatic hydroxyl groups is 2. The fourth-order valence-electron chi connectivity index (χ4n) is 7.23. The molecule has 1 fully saturated rings. The van der Waals surface area contributed by atoms with E-state index in [1.807, 2.05) is 37.3 Å². The van der Waals surface area contributed by atoms with E-state index in [-0.39, 0.29) is 37.1 Å². The number of hydrogen-bond donors (Lipinski definition) is 4. The average molecular weight is 606 g/mol. The highest BCUT2D eigenvalue weighted by atomic mass is 16.4. The van der Waals surface area contributed by atoms with E-state index in [9.17, 15) is 29.7 Å². The lowest BCUT2D eigenvalue weighted by molar-refractivity contribution is -0.141. The first kappa shape index (κ1) is 33.4. The van der Waals surface area contributed by atoms with E-state index < -0.39 is 29.8 Å². The van der Waals surface area contributed by atoms with Crippen molar-refractivity contribution in [2.24, 2.45) is 17.8 Å². The minimum atomic E-state index is -0.859. The SMILES string of the molecule is CCCC1=C([C@H](O)CC/C(=C/c2ccc(O)c3ccccc23)CCC)[C@H](CO)[C@@H]2C(=O)N(CCCCCC(=O)O)C(=O)[C@@H]2C1. The molecular formula is C36H47NO7. The van der Waals surface area contributed by atoms with Crippen molar-refractivity contribution in [1.82, 2.24) is 4.90 Å². The van der Waals surface area contributed by atoms with Crippen molar-refractivity contribution in [3.8, 4) is 5.75 Å². The molecular weight excluding hydrogens is 558 g/mol. The Morgan fingerprint density at radius 3 is 2.41 bits per heavy atom. The van der Waals surface area contributed by atoms with Gasteiger partial charge in [0.2, 0.25) is 11.8 Å². The van der Waals surface area contributed by atoms with Crippen LogP contribution in [0.3, 0.4) is 0 Å². The van der Waals surface area contributed by atoms with Gasteiger partial charge in [-0.25, -0.2) is 0 Å². The van der Waals surface area contributed by atoms with Crippen LogP contribution in [-0.2, 0) is 14.4 Å². The zero-order valence-corrected chi connectivity index (χ0v) is 26.0. The lowest BCUT2D eigenvalue weighted by Gasteiger charge is -2.36. The largest absolute Gasteiger partial charge is 0.507 e. The van der Waals surface area contributed by atoms with Crippen molar-refractivity contribution in [3.63, 3.8) is 0 Å². The first-order valence-corrected chi connectivity index (χ1v) is 16.2. The van der Waals surface area contributed by atoms with Gasteiger partial charge in [-0.2, -0.15) is 0 Å². The third-order valence-electron chi connectivity index (χ3n) is 9.26. The second kappa shape index (κ2) is 15.5. The number of phenolic OH excluding ortho intramolecular Hbond substituents is 1. The monoisotopic (exact) mass is 605 g/mol. The zero-order chi connectivity index (χ0) is 31.8. The Hall–Kier alpha value is -3.49. The van der Waals surface area contributed by atoms with Crippen molar-refractivity contribution < 1.29 is 34.8 Å². The molecule has 2 aromatic rings. The standard InChI is InChI=1S/C36H47NO7/c1-3-10-23(20-24-16-18-30(39)27-13-8-7-12-26(24)27)15-17-31(40)33-25(11-4-2)21-28-34(29(33)22-38)36(44)37(35(28)43)19-9-5-6-14-32(41)42/h7-8,12-13,16,18,20,28-29,31,34,38-40H,3-6,9-11,14-15,17,19,21-22H2,1-2H3,(H,41,42)/b23-20+/t28-,29+,31-,34-/m1/s1. The molecule has 44 heavy (non-hydrogen) atoms. The predicted octanol–water partition coefficient (Wildman–Crippen LogP) is 6.23. The van der Waals surface area contributed by atoms with Crippen molar-refractivity contribution >= 4 is 34.6 Å². The maximum atomic E-state index is 13.6. The van der Waals surface area contributed by atoms with Crippen molar-refractivity contribution in [2.45, 2.75) is 90.6 Å². The molecule has 1 saturated heterocycles. The highest BCUT2D eigenvalue weighted by molar-refractivity contribution is 6.06. The van der Waals surface area contributed by atoms with Crippen LogP contribution in [0.2, 0.25) is 0 Å². The van der Waals surface area contributed by atoms with Gasteiger partial charge < -0.3 is 20.4 Å². The van der Waals surface area contributed by atoms with Crippen molar-refractivity contribution in [3.05, 3.63) is 58.7 Å². The number of aromatic hydroxyl groups is 1. The van der Waals surface area contributed by atoms with Gasteiger partial charge >= 0.3 is 5.97 Å². The van der Waals surface area contributed by atoms with Gasteiger partial charge in [0.1, 0.15) is 5.75 Å². The molecule has 1 aliphatic heterocycles. The van der Waals surface area contributed by atoms with E-state index in [0.717, 1.165) is 46.7 Å². The first-order valence-electron chi connectivity index (χ1n) is 16.2. The van der Waals surface area contributed by atoms with E-state index >= 15 is 0 Å². The number of likely N-dealkylation sites (tertiary alicyclic amines) is 1. The molecule has 0 unspecified atom stereocenters. The Morgan fingerprint density at radius 1 is 0.977 bits per heavy atom. The average Bonchev–Trinajstić information content (AvgIpc) is 3.24. The number of nitrogens with zero attached hydrogens (tertiary/aromatic N) is 1. The summed E-state index contributed by atoms with van der Waals surface area (Å²) in [5.41, 5.74) is 3.89. The Labute approximate surface area is 260 Å². The molecule has 2 aliphatic rings. The molecule has 0 bridgehead atoms. The number of allylic oxidation sites excluding steroid dienone is 2. The van der Waals surface area contributed by atoms with Crippen LogP contribution in [0.4, 0.5) is 0 Å². The summed E-state index contributed by atoms with van der Waals surface area (Å²) in [5.74, 6) is -2.96. The van der Waals surface area contributed by atoms with E-state index in [1.165, 1.54) is 10.5 Å². The first-order chi connectivity index (χ1) is 21.2. The lowest BCUT2D eigenvalue weighted by atomic mass is 9.67. The number of aliphatic carboxylic acids is 1. The minimum absolute atomic E-state index is 0.0615. The zero-order valence-electron chi connectivity index (χ0n) is 26.0. The molecule has 2 amide bonds. The van der Waals surface area contributed by atoms with Crippen molar-refractivity contribution in [2.75, 3.05) is 13.2 Å². The quantitative estimate of drug-likeness (QED) is 0.101. The summed E-state index contributed by atoms with van der Waals surface area (Å²) >= 11 is 0. The summed E-state index contributed by atoms with van der Waals surface area (Å²) in [5, 5.41) is 43.2. The van der Waals surface area contributed by atoms with Gasteiger partial charge in [-0.05, 0) is 67.5 Å². The number of carbonyl (C=O) groups is 3. The van der Waals surface area contributed by atoms with Crippen LogP contribution in [0.15, 0.2) is 53.1 Å². The third-order valence-corrected chi connectivity index (χ3v) is 9.26. The summed E-state index contributed by atoms with van der Waals surface area (Å²) < 4.78 is 0. The normalized spacial score (nSPS) is 21.3. The number of carboxylic acid groups (broad SMARTS) is 1. The van der Waals surface area contributed by atoms with Gasteiger partial charge in [0.05, 0.1) is 24.5 Å². The second-order valence-electron chi connectivity index (χ2n) is 12.3. The Balaban J connectivity index is 1.53. The summed E-state index contributed by atoms with van der Waals surface area (Å²) in [4.78, 5) is 39.1. The molecule has 0 radical (unpaired) electrons. The number of benzene rings is 2. The molecule has 8 heteroatoms. The minimum Gasteiger partial charge on any atom is -0.507 e. The van der Waals surface area contributed by atoms with Crippen LogP contribution in [-0.4, -0.2) is 62.4 Å². The summed E-state index contributed by atoms with van der Waals surface area (Å²) in [6.45, 7) is 4.10. The Morgan fingerprint density at radius 2 is 1.73 bits per heavy atom. The smallest absolute Gasteiger partial charge is 0.303 e. The summed E-state index contributed by atoms with van der Waals surface area (Å²) in [6, 6.07) is 11.4. The third kappa shape index (κ3) is 7.41. The number of carboxylic acids is 1. The number of unbranched alkanes of at least 4 members (excludes halogenated alkanes) is 2. The fourth-order valence-corrected chi connectivity index (χ4v) is 7.23. The molecule has 1 aliphatic carbocycles. The van der Waals surface area contributed by atoms with E-state index in [2.05, 4.69) is 13.0 Å². The highest BCUT2D eigenvalue weighted by Crippen LogP contribution is 2.47. The van der Waals surface area contributed by atoms with E-state index in [0.29, 0.717) is 44.9 Å². The van der Waals surface area contributed by atoms with Gasteiger partial charge in [0, 0.05) is 24.3 Å². The molecule has 0 aromatic heterocycles. The van der Waals surface area contributed by atoms with Crippen LogP contribution in [0, 0.1) is 17.8 Å². The maximum Gasteiger partial charge on any atom is 0.303 e. The second-order valence-corrected chi connectivity index (χ2v) is 12.3. The van der Waals surface area contributed by atoms with E-state index in [4.69, 9.17) is 5.11 Å². The van der Waals surface area contributed by atoms with Crippen molar-refractivity contribution in [1.29, 1.82) is 0 Å². The van der Waals surface area contributed by atoms with Crippen LogP contribution >= 0.6 is 0 Å². The van der Waals surface area contributed by atoms with Gasteiger partial charge in [-0.15, -0.1) is 0 Å². The number of amides is 2. The molecule has 4 N–H and O–H groups in total. The molecule has 2 aromatic carbocycles. The number of hydrogen-bond acceptors (Lipinski definition) is 6. The number of phenols is 1. The number of rotatable bonds is 16. The van der Waals surface area contributed by atoms with Gasteiger partial charge in [0.15, 0.2) is 0 Å². The number of imide groups is 1. The van der Waals surface area contributed by atoms with Crippen LogP contribution in [0.5, 0.6) is 5.75 Å². The maximum absolute atomic E-state index is 13.6. The number of aliphatic hydroxyl groups excluding tert-OH is 2. The van der Waals surface area contributed by atoms with E-state index in [1.54, 1.807) is 6.07 Å². The lowest BCUT2D eigenvalue weighted by Crippen LogP contribution is -2.39. The molecule has 0 saturated carbocycles. The van der Waals surface area contributed by atoms with Crippen LogP contribution in [0.1, 0.15) is 90.0 Å². The topological polar surface area (TPSA) is 135 Å². The van der Waals surface area contributed by atoms with Crippen LogP contribution in [0.25, 0.3) is 16.8 Å².